The fraction of sp³-hybridized carbons (Fsp3) is 0.471. The van der Waals surface area contributed by atoms with Crippen LogP contribution >= 0.6 is 11.6 Å². The summed E-state index contributed by atoms with van der Waals surface area (Å²) in [6, 6.07) is 5.88. The highest BCUT2D eigenvalue weighted by Gasteiger charge is 2.17. The minimum Gasteiger partial charge on any atom is -0.358 e. The molecule has 2 aromatic rings. The van der Waals surface area contributed by atoms with Crippen LogP contribution in [-0.2, 0) is 11.2 Å². The fourth-order valence-electron chi connectivity index (χ4n) is 3.23. The number of amides is 1. The lowest BCUT2D eigenvalue weighted by atomic mass is 10.0. The standard InChI is InChI=1S/C17H22ClN3O/c1-11-14(15-9-13(18)2-3-16(15)21-11)5-7-20-17(22)8-12-4-6-19-10-12/h2-3,9,12,19,21H,4-8,10H2,1H3,(H,20,22). The van der Waals surface area contributed by atoms with Crippen LogP contribution in [0.2, 0.25) is 5.02 Å². The van der Waals surface area contributed by atoms with Crippen LogP contribution in [0, 0.1) is 12.8 Å². The zero-order chi connectivity index (χ0) is 15.5. The van der Waals surface area contributed by atoms with Crippen molar-refractivity contribution in [2.75, 3.05) is 19.6 Å². The van der Waals surface area contributed by atoms with E-state index in [-0.39, 0.29) is 5.91 Å². The summed E-state index contributed by atoms with van der Waals surface area (Å²) in [4.78, 5) is 15.3. The molecule has 3 N–H and O–H groups in total. The number of hydrogen-bond donors (Lipinski definition) is 3. The highest BCUT2D eigenvalue weighted by Crippen LogP contribution is 2.25. The molecule has 1 aliphatic rings. The Bertz CT molecular complexity index is 674. The van der Waals surface area contributed by atoms with Crippen LogP contribution in [0.25, 0.3) is 10.9 Å². The molecule has 0 radical (unpaired) electrons. The normalized spacial score (nSPS) is 18.0. The maximum absolute atomic E-state index is 12.0. The molecule has 1 fully saturated rings. The minimum absolute atomic E-state index is 0.157. The summed E-state index contributed by atoms with van der Waals surface area (Å²) in [7, 11) is 0. The molecule has 22 heavy (non-hydrogen) atoms. The average molecular weight is 320 g/mol. The predicted molar refractivity (Wildman–Crippen MR) is 90.4 cm³/mol. The van der Waals surface area contributed by atoms with Crippen molar-refractivity contribution < 1.29 is 4.79 Å². The van der Waals surface area contributed by atoms with Crippen LogP contribution in [0.4, 0.5) is 0 Å². The SMILES string of the molecule is Cc1[nH]c2ccc(Cl)cc2c1CCNC(=O)CC1CCNC1. The van der Waals surface area contributed by atoms with E-state index in [0.29, 0.717) is 18.9 Å². The Balaban J connectivity index is 1.58. The third kappa shape index (κ3) is 3.45. The Labute approximate surface area is 135 Å². The number of hydrogen-bond acceptors (Lipinski definition) is 2. The monoisotopic (exact) mass is 319 g/mol. The number of carbonyl (C=O) groups is 1. The molecule has 1 amide bonds. The predicted octanol–water partition coefficient (Wildman–Crippen LogP) is 2.79. The summed E-state index contributed by atoms with van der Waals surface area (Å²) in [6.07, 6.45) is 2.56. The van der Waals surface area contributed by atoms with Crippen LogP contribution in [-0.4, -0.2) is 30.5 Å². The van der Waals surface area contributed by atoms with Gasteiger partial charge >= 0.3 is 0 Å². The number of carbonyl (C=O) groups excluding carboxylic acids is 1. The van der Waals surface area contributed by atoms with Gasteiger partial charge in [-0.15, -0.1) is 0 Å². The van der Waals surface area contributed by atoms with Crippen molar-refractivity contribution in [1.29, 1.82) is 0 Å². The van der Waals surface area contributed by atoms with E-state index in [1.165, 1.54) is 5.56 Å². The van der Waals surface area contributed by atoms with Gasteiger partial charge in [-0.1, -0.05) is 11.6 Å². The highest BCUT2D eigenvalue weighted by molar-refractivity contribution is 6.31. The number of halogens is 1. The first kappa shape index (κ1) is 15.4. The lowest BCUT2D eigenvalue weighted by Crippen LogP contribution is -2.28. The summed E-state index contributed by atoms with van der Waals surface area (Å²) in [5, 5.41) is 8.23. The van der Waals surface area contributed by atoms with Crippen LogP contribution < -0.4 is 10.6 Å². The van der Waals surface area contributed by atoms with Crippen molar-refractivity contribution >= 4 is 28.4 Å². The Morgan fingerprint density at radius 3 is 3.09 bits per heavy atom. The van der Waals surface area contributed by atoms with E-state index < -0.39 is 0 Å². The van der Waals surface area contributed by atoms with Gasteiger partial charge in [0, 0.05) is 34.6 Å². The minimum atomic E-state index is 0.157. The molecule has 1 unspecified atom stereocenters. The second-order valence-corrected chi connectivity index (χ2v) is 6.52. The Morgan fingerprint density at radius 1 is 1.45 bits per heavy atom. The van der Waals surface area contributed by atoms with Crippen molar-refractivity contribution in [3.63, 3.8) is 0 Å². The highest BCUT2D eigenvalue weighted by atomic mass is 35.5. The second-order valence-electron chi connectivity index (χ2n) is 6.08. The van der Waals surface area contributed by atoms with E-state index in [0.717, 1.165) is 47.6 Å². The number of fused-ring (bicyclic) bond motifs is 1. The Kier molecular flexibility index (Phi) is 4.69. The van der Waals surface area contributed by atoms with Crippen LogP contribution in [0.15, 0.2) is 18.2 Å². The first-order chi connectivity index (χ1) is 10.6. The van der Waals surface area contributed by atoms with E-state index >= 15 is 0 Å². The second kappa shape index (κ2) is 6.71. The fourth-order valence-corrected chi connectivity index (χ4v) is 3.40. The van der Waals surface area contributed by atoms with Gasteiger partial charge in [-0.25, -0.2) is 0 Å². The molecular weight excluding hydrogens is 298 g/mol. The maximum Gasteiger partial charge on any atom is 0.220 e. The van der Waals surface area contributed by atoms with Crippen molar-refractivity contribution in [3.05, 3.63) is 34.5 Å². The van der Waals surface area contributed by atoms with Gasteiger partial charge in [0.2, 0.25) is 5.91 Å². The van der Waals surface area contributed by atoms with Gasteiger partial charge in [-0.3, -0.25) is 4.79 Å². The van der Waals surface area contributed by atoms with Gasteiger partial charge in [0.1, 0.15) is 0 Å². The summed E-state index contributed by atoms with van der Waals surface area (Å²) in [6.45, 7) is 4.73. The maximum atomic E-state index is 12.0. The van der Waals surface area contributed by atoms with E-state index in [9.17, 15) is 4.79 Å². The molecule has 1 aromatic carbocycles. The number of aromatic amines is 1. The van der Waals surface area contributed by atoms with Crippen LogP contribution in [0.1, 0.15) is 24.1 Å². The molecule has 5 heteroatoms. The molecule has 4 nitrogen and oxygen atoms in total. The van der Waals surface area contributed by atoms with E-state index in [1.54, 1.807) is 0 Å². The zero-order valence-corrected chi connectivity index (χ0v) is 13.6. The van der Waals surface area contributed by atoms with E-state index in [2.05, 4.69) is 22.5 Å². The largest absolute Gasteiger partial charge is 0.358 e. The Hall–Kier alpha value is -1.52. The number of nitrogens with one attached hydrogen (secondary N) is 3. The number of benzene rings is 1. The lowest BCUT2D eigenvalue weighted by molar-refractivity contribution is -0.121. The number of aromatic nitrogens is 1. The molecule has 1 aliphatic heterocycles. The van der Waals surface area contributed by atoms with Gasteiger partial charge in [-0.05, 0) is 62.5 Å². The van der Waals surface area contributed by atoms with Crippen LogP contribution in [0.5, 0.6) is 0 Å². The van der Waals surface area contributed by atoms with E-state index in [1.807, 2.05) is 18.2 Å². The summed E-state index contributed by atoms with van der Waals surface area (Å²) in [5.41, 5.74) is 3.48. The molecule has 0 saturated carbocycles. The van der Waals surface area contributed by atoms with Crippen molar-refractivity contribution in [2.45, 2.75) is 26.2 Å². The first-order valence-electron chi connectivity index (χ1n) is 7.87. The molecule has 0 bridgehead atoms. The zero-order valence-electron chi connectivity index (χ0n) is 12.8. The van der Waals surface area contributed by atoms with Gasteiger partial charge in [0.05, 0.1) is 0 Å². The van der Waals surface area contributed by atoms with Crippen molar-refractivity contribution in [1.82, 2.24) is 15.6 Å². The van der Waals surface area contributed by atoms with Crippen molar-refractivity contribution in [3.8, 4) is 0 Å². The molecule has 118 valence electrons. The molecular formula is C17H22ClN3O. The topological polar surface area (TPSA) is 56.9 Å². The third-order valence-corrected chi connectivity index (χ3v) is 4.65. The molecule has 1 aromatic heterocycles. The number of H-pyrrole nitrogens is 1. The molecule has 1 atom stereocenters. The van der Waals surface area contributed by atoms with Gasteiger partial charge in [0.25, 0.3) is 0 Å². The van der Waals surface area contributed by atoms with Crippen molar-refractivity contribution in [2.24, 2.45) is 5.92 Å². The van der Waals surface area contributed by atoms with Gasteiger partial charge < -0.3 is 15.6 Å². The Morgan fingerprint density at radius 2 is 2.32 bits per heavy atom. The molecule has 0 aliphatic carbocycles. The van der Waals surface area contributed by atoms with E-state index in [4.69, 9.17) is 11.6 Å². The average Bonchev–Trinajstić information content (AvgIpc) is 3.08. The molecule has 1 saturated heterocycles. The third-order valence-electron chi connectivity index (χ3n) is 4.42. The van der Waals surface area contributed by atoms with Gasteiger partial charge in [-0.2, -0.15) is 0 Å². The molecule has 3 rings (SSSR count). The lowest BCUT2D eigenvalue weighted by Gasteiger charge is -2.09. The summed E-state index contributed by atoms with van der Waals surface area (Å²) in [5.74, 6) is 0.651. The first-order valence-corrected chi connectivity index (χ1v) is 8.25. The molecule has 2 heterocycles. The van der Waals surface area contributed by atoms with Gasteiger partial charge in [0.15, 0.2) is 0 Å². The molecule has 0 spiro atoms. The summed E-state index contributed by atoms with van der Waals surface area (Å²) < 4.78 is 0. The quantitative estimate of drug-likeness (QED) is 0.793. The summed E-state index contributed by atoms with van der Waals surface area (Å²) >= 11 is 6.09. The number of aryl methyl sites for hydroxylation is 1. The van der Waals surface area contributed by atoms with Crippen LogP contribution in [0.3, 0.4) is 0 Å². The smallest absolute Gasteiger partial charge is 0.220 e. The number of rotatable bonds is 5.